The lowest BCUT2D eigenvalue weighted by atomic mass is 10.1. The van der Waals surface area contributed by atoms with E-state index in [2.05, 4.69) is 23.2 Å². The molecule has 1 aromatic heterocycles. The number of nitrogens with zero attached hydrogens (tertiary/aromatic N) is 1. The maximum Gasteiger partial charge on any atom is 0.217 e. The van der Waals surface area contributed by atoms with Crippen LogP contribution >= 0.6 is 0 Å². The third kappa shape index (κ3) is 1.21. The number of para-hydroxylation sites is 1. The van der Waals surface area contributed by atoms with E-state index >= 15 is 0 Å². The Labute approximate surface area is 88.9 Å². The Morgan fingerprint density at radius 2 is 1.93 bits per heavy atom. The van der Waals surface area contributed by atoms with Gasteiger partial charge in [0.2, 0.25) is 5.88 Å². The summed E-state index contributed by atoms with van der Waals surface area (Å²) in [5.41, 5.74) is 3.81. The first-order chi connectivity index (χ1) is 7.40. The van der Waals surface area contributed by atoms with E-state index in [1.807, 2.05) is 6.07 Å². The molecule has 1 heterocycles. The number of ether oxygens (including phenoxy) is 1. The molecule has 0 N–H and O–H groups in total. The van der Waals surface area contributed by atoms with Crippen LogP contribution < -0.4 is 4.74 Å². The van der Waals surface area contributed by atoms with Gasteiger partial charge in [-0.1, -0.05) is 18.2 Å². The lowest BCUT2D eigenvalue weighted by molar-refractivity contribution is 0.395. The number of aromatic nitrogens is 1. The van der Waals surface area contributed by atoms with Crippen LogP contribution in [0.5, 0.6) is 5.88 Å². The molecule has 2 heteroatoms. The lowest BCUT2D eigenvalue weighted by Gasteiger charge is -2.09. The lowest BCUT2D eigenvalue weighted by Crippen LogP contribution is -1.96. The van der Waals surface area contributed by atoms with Crippen LogP contribution in [-0.4, -0.2) is 12.1 Å². The number of benzene rings is 1. The van der Waals surface area contributed by atoms with Crippen molar-refractivity contribution in [3.8, 4) is 5.88 Å². The molecule has 0 aliphatic heterocycles. The first kappa shape index (κ1) is 8.72. The second kappa shape index (κ2) is 3.23. The Morgan fingerprint density at radius 1 is 1.13 bits per heavy atom. The number of hydrogen-bond donors (Lipinski definition) is 0. The van der Waals surface area contributed by atoms with Gasteiger partial charge in [-0.15, -0.1) is 0 Å². The standard InChI is InChI=1S/C13H13NO/c1-15-13-11-7-4-6-9(11)10-5-2-3-8-12(10)14-13/h2-3,5,8H,4,6-7H2,1H3. The summed E-state index contributed by atoms with van der Waals surface area (Å²) in [6.07, 6.45) is 3.49. The number of fused-ring (bicyclic) bond motifs is 3. The number of aryl methyl sites for hydroxylation is 1. The zero-order valence-corrected chi connectivity index (χ0v) is 8.79. The van der Waals surface area contributed by atoms with E-state index in [0.717, 1.165) is 24.2 Å². The van der Waals surface area contributed by atoms with E-state index in [4.69, 9.17) is 4.74 Å². The Balaban J connectivity index is 2.40. The fourth-order valence-electron chi connectivity index (χ4n) is 2.45. The van der Waals surface area contributed by atoms with Gasteiger partial charge in [-0.3, -0.25) is 0 Å². The van der Waals surface area contributed by atoms with Gasteiger partial charge in [0.1, 0.15) is 0 Å². The SMILES string of the molecule is COc1nc2ccccc2c2c1CCC2. The van der Waals surface area contributed by atoms with Gasteiger partial charge in [0.05, 0.1) is 12.6 Å². The molecule has 15 heavy (non-hydrogen) atoms. The molecule has 2 aromatic rings. The maximum absolute atomic E-state index is 5.35. The smallest absolute Gasteiger partial charge is 0.217 e. The summed E-state index contributed by atoms with van der Waals surface area (Å²) in [7, 11) is 1.70. The summed E-state index contributed by atoms with van der Waals surface area (Å²) in [5.74, 6) is 0.821. The minimum atomic E-state index is 0.821. The molecule has 0 spiro atoms. The molecule has 0 saturated heterocycles. The number of pyridine rings is 1. The average Bonchev–Trinajstić information content (AvgIpc) is 2.77. The zero-order valence-electron chi connectivity index (χ0n) is 8.79. The fourth-order valence-corrected chi connectivity index (χ4v) is 2.45. The zero-order chi connectivity index (χ0) is 10.3. The first-order valence-electron chi connectivity index (χ1n) is 5.34. The second-order valence-electron chi connectivity index (χ2n) is 3.95. The monoisotopic (exact) mass is 199 g/mol. The van der Waals surface area contributed by atoms with E-state index in [1.165, 1.54) is 22.9 Å². The van der Waals surface area contributed by atoms with Gasteiger partial charge in [-0.25, -0.2) is 4.98 Å². The van der Waals surface area contributed by atoms with Crippen molar-refractivity contribution in [1.82, 2.24) is 4.98 Å². The average molecular weight is 199 g/mol. The molecule has 0 amide bonds. The molecule has 1 aliphatic rings. The molecular weight excluding hydrogens is 186 g/mol. The van der Waals surface area contributed by atoms with Crippen LogP contribution in [0, 0.1) is 0 Å². The molecule has 1 aromatic carbocycles. The second-order valence-corrected chi connectivity index (χ2v) is 3.95. The van der Waals surface area contributed by atoms with Crippen LogP contribution in [0.1, 0.15) is 17.5 Å². The van der Waals surface area contributed by atoms with Crippen LogP contribution in [-0.2, 0) is 12.8 Å². The Morgan fingerprint density at radius 3 is 2.80 bits per heavy atom. The van der Waals surface area contributed by atoms with Crippen molar-refractivity contribution in [3.63, 3.8) is 0 Å². The molecule has 0 fully saturated rings. The maximum atomic E-state index is 5.35. The summed E-state index contributed by atoms with van der Waals surface area (Å²) in [6, 6.07) is 8.31. The molecule has 76 valence electrons. The van der Waals surface area contributed by atoms with Gasteiger partial charge in [0.25, 0.3) is 0 Å². The fraction of sp³-hybridized carbons (Fsp3) is 0.308. The van der Waals surface area contributed by atoms with Gasteiger partial charge in [-0.05, 0) is 30.9 Å². The largest absolute Gasteiger partial charge is 0.481 e. The Hall–Kier alpha value is -1.57. The van der Waals surface area contributed by atoms with Crippen molar-refractivity contribution in [2.75, 3.05) is 7.11 Å². The summed E-state index contributed by atoms with van der Waals surface area (Å²) < 4.78 is 5.35. The predicted molar refractivity (Wildman–Crippen MR) is 60.3 cm³/mol. The van der Waals surface area contributed by atoms with Crippen molar-refractivity contribution < 1.29 is 4.74 Å². The van der Waals surface area contributed by atoms with Crippen molar-refractivity contribution in [1.29, 1.82) is 0 Å². The number of methoxy groups -OCH3 is 1. The molecule has 2 nitrogen and oxygen atoms in total. The number of rotatable bonds is 1. The third-order valence-corrected chi connectivity index (χ3v) is 3.12. The summed E-state index contributed by atoms with van der Waals surface area (Å²) in [4.78, 5) is 4.54. The van der Waals surface area contributed by atoms with Crippen LogP contribution in [0.25, 0.3) is 10.9 Å². The molecule has 0 radical (unpaired) electrons. The normalized spacial score (nSPS) is 14.2. The van der Waals surface area contributed by atoms with E-state index in [9.17, 15) is 0 Å². The van der Waals surface area contributed by atoms with E-state index in [0.29, 0.717) is 0 Å². The van der Waals surface area contributed by atoms with Gasteiger partial charge < -0.3 is 4.74 Å². The van der Waals surface area contributed by atoms with E-state index in [-0.39, 0.29) is 0 Å². The highest BCUT2D eigenvalue weighted by Crippen LogP contribution is 2.34. The van der Waals surface area contributed by atoms with Gasteiger partial charge in [0.15, 0.2) is 0 Å². The van der Waals surface area contributed by atoms with Gasteiger partial charge >= 0.3 is 0 Å². The highest BCUT2D eigenvalue weighted by atomic mass is 16.5. The molecule has 0 saturated carbocycles. The minimum Gasteiger partial charge on any atom is -0.481 e. The molecule has 0 bridgehead atoms. The van der Waals surface area contributed by atoms with Crippen LogP contribution in [0.2, 0.25) is 0 Å². The third-order valence-electron chi connectivity index (χ3n) is 3.12. The van der Waals surface area contributed by atoms with E-state index < -0.39 is 0 Å². The molecule has 0 unspecified atom stereocenters. The van der Waals surface area contributed by atoms with Crippen LogP contribution in [0.15, 0.2) is 24.3 Å². The molecular formula is C13H13NO. The summed E-state index contributed by atoms with van der Waals surface area (Å²) in [6.45, 7) is 0. The van der Waals surface area contributed by atoms with Crippen LogP contribution in [0.3, 0.4) is 0 Å². The molecule has 3 rings (SSSR count). The summed E-state index contributed by atoms with van der Waals surface area (Å²) in [5, 5.41) is 1.30. The highest BCUT2D eigenvalue weighted by Gasteiger charge is 2.19. The number of hydrogen-bond acceptors (Lipinski definition) is 2. The van der Waals surface area contributed by atoms with Crippen molar-refractivity contribution in [2.45, 2.75) is 19.3 Å². The van der Waals surface area contributed by atoms with E-state index in [1.54, 1.807) is 7.11 Å². The minimum absolute atomic E-state index is 0.821. The topological polar surface area (TPSA) is 22.1 Å². The molecule has 1 aliphatic carbocycles. The highest BCUT2D eigenvalue weighted by molar-refractivity contribution is 5.84. The van der Waals surface area contributed by atoms with Gasteiger partial charge in [-0.2, -0.15) is 0 Å². The quantitative estimate of drug-likeness (QED) is 0.704. The summed E-state index contributed by atoms with van der Waals surface area (Å²) >= 11 is 0. The Kier molecular flexibility index (Phi) is 1.88. The predicted octanol–water partition coefficient (Wildman–Crippen LogP) is 2.73. The van der Waals surface area contributed by atoms with Crippen molar-refractivity contribution in [3.05, 3.63) is 35.4 Å². The van der Waals surface area contributed by atoms with Gasteiger partial charge in [0, 0.05) is 10.9 Å². The first-order valence-corrected chi connectivity index (χ1v) is 5.34. The Bertz CT molecular complexity index is 519. The van der Waals surface area contributed by atoms with Crippen LogP contribution in [0.4, 0.5) is 0 Å². The van der Waals surface area contributed by atoms with Crippen molar-refractivity contribution >= 4 is 10.9 Å². The molecule has 0 atom stereocenters. The van der Waals surface area contributed by atoms with Crippen molar-refractivity contribution in [2.24, 2.45) is 0 Å².